The van der Waals surface area contributed by atoms with Gasteiger partial charge in [0.25, 0.3) is 0 Å². The summed E-state index contributed by atoms with van der Waals surface area (Å²) in [5, 5.41) is -0.140. The Hall–Kier alpha value is -5.85. The van der Waals surface area contributed by atoms with Gasteiger partial charge in [0.05, 0.1) is 22.2 Å². The van der Waals surface area contributed by atoms with Crippen LogP contribution in [-0.4, -0.2) is 15.8 Å². The van der Waals surface area contributed by atoms with E-state index in [4.69, 9.17) is 21.4 Å². The highest BCUT2D eigenvalue weighted by atomic mass is 32.2. The Bertz CT molecular complexity index is 2810. The van der Waals surface area contributed by atoms with Crippen LogP contribution >= 0.6 is 11.8 Å². The topological polar surface area (TPSA) is 77.8 Å². The number of benzene rings is 5. The van der Waals surface area contributed by atoms with E-state index >= 15 is 0 Å². The zero-order chi connectivity index (χ0) is 40.2. The van der Waals surface area contributed by atoms with Crippen molar-refractivity contribution >= 4 is 17.3 Å². The molecule has 0 amide bonds. The van der Waals surface area contributed by atoms with E-state index in [9.17, 15) is 0 Å². The fourth-order valence-electron chi connectivity index (χ4n) is 10.8. The van der Waals surface area contributed by atoms with Crippen LogP contribution in [0.4, 0.5) is 0 Å². The third kappa shape index (κ3) is 6.05. The summed E-state index contributed by atoms with van der Waals surface area (Å²) in [6, 6.07) is 43.4. The van der Waals surface area contributed by atoms with Crippen LogP contribution in [0.15, 0.2) is 170 Å². The molecule has 5 atom stereocenters. The molecular weight excluding hydrogens is 749 g/mol. The average molecular weight is 797 g/mol. The van der Waals surface area contributed by atoms with E-state index in [1.165, 1.54) is 74.0 Å². The molecule has 5 aliphatic rings. The van der Waals surface area contributed by atoms with Gasteiger partial charge >= 0.3 is 0 Å². The molecule has 0 saturated heterocycles. The number of fused-ring (bicyclic) bond motifs is 10. The van der Waals surface area contributed by atoms with Crippen LogP contribution in [0.1, 0.15) is 88.6 Å². The van der Waals surface area contributed by atoms with Gasteiger partial charge in [0.1, 0.15) is 5.82 Å². The van der Waals surface area contributed by atoms with Crippen molar-refractivity contribution in [3.8, 4) is 44.6 Å². The molecule has 4 nitrogen and oxygen atoms in total. The quantitative estimate of drug-likeness (QED) is 0.150. The molecule has 4 N–H and O–H groups in total. The van der Waals surface area contributed by atoms with Gasteiger partial charge in [-0.05, 0) is 117 Å². The van der Waals surface area contributed by atoms with E-state index in [2.05, 4.69) is 170 Å². The molecule has 5 aromatic carbocycles. The Morgan fingerprint density at radius 3 is 2.15 bits per heavy atom. The summed E-state index contributed by atoms with van der Waals surface area (Å²) >= 11 is 1.55. The van der Waals surface area contributed by atoms with E-state index < -0.39 is 0 Å². The van der Waals surface area contributed by atoms with Gasteiger partial charge in [0.2, 0.25) is 0 Å². The molecule has 0 radical (unpaired) electrons. The molecule has 11 rings (SSSR count). The summed E-state index contributed by atoms with van der Waals surface area (Å²) in [5.41, 5.74) is 30.5. The second-order valence-corrected chi connectivity index (χ2v) is 18.0. The second-order valence-electron chi connectivity index (χ2n) is 16.8. The fraction of sp³-hybridized carbons (Fsp3) is 0.200. The van der Waals surface area contributed by atoms with E-state index in [-0.39, 0.29) is 28.5 Å². The van der Waals surface area contributed by atoms with E-state index in [0.717, 1.165) is 47.6 Å². The van der Waals surface area contributed by atoms with Crippen molar-refractivity contribution in [2.24, 2.45) is 17.4 Å². The van der Waals surface area contributed by atoms with Crippen molar-refractivity contribution in [2.45, 2.75) is 54.7 Å². The number of allylic oxidation sites excluding steroid dienone is 10. The number of nitrogens with zero attached hydrogens (tertiary/aromatic N) is 2. The van der Waals surface area contributed by atoms with Crippen LogP contribution in [0, 0.1) is 5.92 Å². The van der Waals surface area contributed by atoms with Gasteiger partial charge in [0, 0.05) is 29.2 Å². The predicted molar refractivity (Wildman–Crippen MR) is 250 cm³/mol. The van der Waals surface area contributed by atoms with Crippen molar-refractivity contribution in [3.63, 3.8) is 0 Å². The van der Waals surface area contributed by atoms with Crippen LogP contribution in [0.25, 0.3) is 50.2 Å². The van der Waals surface area contributed by atoms with Crippen molar-refractivity contribution in [1.29, 1.82) is 0 Å². The summed E-state index contributed by atoms with van der Waals surface area (Å²) in [4.78, 5) is 10.6. The molecule has 1 spiro atoms. The maximum absolute atomic E-state index is 6.43. The standard InChI is InChI=1S/C55H48N4S/c56-34-60-53(57)37-25-23-35(24-26-37)39-27-29-44-45-30-28-40(32-50(45)55(49(44)31-39)47-21-11-9-18-42(47)43-19-10-12-22-48(43)55)41-17-7-8-20-46(41)52-33-51(36-13-3-1-4-14-36)58-54(59-52)38-15-5-2-6-16-38/h2,5-13,15,17-33,38,42,47,53H,1,3-4,14,16,34,56-57H2. The van der Waals surface area contributed by atoms with Crippen LogP contribution < -0.4 is 11.5 Å². The first kappa shape index (κ1) is 37.2. The fourth-order valence-corrected chi connectivity index (χ4v) is 11.4. The number of hydrogen-bond donors (Lipinski definition) is 2. The zero-order valence-electron chi connectivity index (χ0n) is 33.7. The molecule has 1 aromatic heterocycles. The maximum atomic E-state index is 6.43. The molecule has 5 heteroatoms. The molecule has 1 heterocycles. The van der Waals surface area contributed by atoms with Gasteiger partial charge in [-0.15, -0.1) is 11.8 Å². The number of nitrogens with two attached hydrogens (primary N) is 2. The Morgan fingerprint density at radius 1 is 0.650 bits per heavy atom. The molecule has 0 fully saturated rings. The summed E-state index contributed by atoms with van der Waals surface area (Å²) in [7, 11) is 0. The van der Waals surface area contributed by atoms with Crippen molar-refractivity contribution < 1.29 is 0 Å². The van der Waals surface area contributed by atoms with Gasteiger partial charge < -0.3 is 11.5 Å². The average Bonchev–Trinajstić information content (AvgIpc) is 3.79. The molecule has 0 aliphatic heterocycles. The zero-order valence-corrected chi connectivity index (χ0v) is 34.5. The molecule has 60 heavy (non-hydrogen) atoms. The van der Waals surface area contributed by atoms with Gasteiger partial charge in [-0.2, -0.15) is 0 Å². The highest BCUT2D eigenvalue weighted by Crippen LogP contribution is 2.66. The Kier molecular flexibility index (Phi) is 9.49. The van der Waals surface area contributed by atoms with Crippen molar-refractivity contribution in [3.05, 3.63) is 209 Å². The van der Waals surface area contributed by atoms with Crippen LogP contribution in [0.3, 0.4) is 0 Å². The molecule has 6 aromatic rings. The molecule has 0 bridgehead atoms. The minimum Gasteiger partial charge on any atom is -0.322 e. The molecule has 5 unspecified atom stereocenters. The number of aromatic nitrogens is 2. The molecular formula is C55H48N4S. The maximum Gasteiger partial charge on any atom is 0.136 e. The highest BCUT2D eigenvalue weighted by molar-refractivity contribution is 7.99. The van der Waals surface area contributed by atoms with Gasteiger partial charge in [-0.1, -0.05) is 152 Å². The Labute approximate surface area is 357 Å². The minimum absolute atomic E-state index is 0.140. The monoisotopic (exact) mass is 796 g/mol. The molecule has 0 saturated carbocycles. The number of thioether (sulfide) groups is 1. The number of hydrogen-bond acceptors (Lipinski definition) is 5. The largest absolute Gasteiger partial charge is 0.322 e. The predicted octanol–water partition coefficient (Wildman–Crippen LogP) is 12.8. The van der Waals surface area contributed by atoms with Crippen molar-refractivity contribution in [2.75, 3.05) is 5.88 Å². The highest BCUT2D eigenvalue weighted by Gasteiger charge is 2.57. The van der Waals surface area contributed by atoms with Crippen LogP contribution in [0.2, 0.25) is 0 Å². The lowest BCUT2D eigenvalue weighted by Gasteiger charge is -2.36. The lowest BCUT2D eigenvalue weighted by Crippen LogP contribution is -2.33. The SMILES string of the molecule is NCSC(N)c1ccc(-c2ccc3c(c2)C2(c4cc(-c5ccccc5-c5cc(C6=CCCCC6)nc(C6C=CC=CC6)n5)ccc4-3)c3ccccc3C3C=CC=CC32)cc1. The van der Waals surface area contributed by atoms with Crippen LogP contribution in [0.5, 0.6) is 0 Å². The van der Waals surface area contributed by atoms with Crippen LogP contribution in [-0.2, 0) is 5.41 Å². The summed E-state index contributed by atoms with van der Waals surface area (Å²) in [6.07, 6.45) is 26.1. The lowest BCUT2D eigenvalue weighted by atomic mass is 9.65. The summed E-state index contributed by atoms with van der Waals surface area (Å²) in [5.74, 6) is 2.06. The Balaban J connectivity index is 1.08. The first-order valence-corrected chi connectivity index (χ1v) is 22.6. The van der Waals surface area contributed by atoms with E-state index in [1.54, 1.807) is 11.8 Å². The third-order valence-electron chi connectivity index (χ3n) is 13.6. The molecule has 294 valence electrons. The van der Waals surface area contributed by atoms with Crippen molar-refractivity contribution in [1.82, 2.24) is 9.97 Å². The molecule has 5 aliphatic carbocycles. The Morgan fingerprint density at radius 2 is 1.37 bits per heavy atom. The first-order valence-electron chi connectivity index (χ1n) is 21.5. The number of rotatable bonds is 8. The van der Waals surface area contributed by atoms with E-state index in [1.807, 2.05) is 0 Å². The lowest BCUT2D eigenvalue weighted by molar-refractivity contribution is 0.466. The smallest absolute Gasteiger partial charge is 0.136 e. The second kappa shape index (κ2) is 15.3. The third-order valence-corrected chi connectivity index (χ3v) is 14.4. The van der Waals surface area contributed by atoms with Gasteiger partial charge in [0.15, 0.2) is 0 Å². The normalized spacial score (nSPS) is 22.3. The van der Waals surface area contributed by atoms with E-state index in [0.29, 0.717) is 5.88 Å². The summed E-state index contributed by atoms with van der Waals surface area (Å²) < 4.78 is 0. The first-order chi connectivity index (χ1) is 29.6. The van der Waals surface area contributed by atoms with Gasteiger partial charge in [-0.25, -0.2) is 9.97 Å². The minimum atomic E-state index is -0.377. The summed E-state index contributed by atoms with van der Waals surface area (Å²) in [6.45, 7) is 0. The van der Waals surface area contributed by atoms with Gasteiger partial charge in [-0.3, -0.25) is 0 Å².